The topological polar surface area (TPSA) is 44.4 Å². The molecule has 1 aromatic carbocycles. The van der Waals surface area contributed by atoms with Crippen molar-refractivity contribution < 1.29 is 4.79 Å². The van der Waals surface area contributed by atoms with Gasteiger partial charge >= 0.3 is 0 Å². The van der Waals surface area contributed by atoms with E-state index in [4.69, 9.17) is 0 Å². The van der Waals surface area contributed by atoms with Crippen LogP contribution in [0.4, 0.5) is 0 Å². The summed E-state index contributed by atoms with van der Waals surface area (Å²) in [4.78, 5) is 14.4. The van der Waals surface area contributed by atoms with Crippen molar-refractivity contribution in [3.63, 3.8) is 0 Å². The van der Waals surface area contributed by atoms with Gasteiger partial charge in [-0.3, -0.25) is 9.69 Å². The quantitative estimate of drug-likeness (QED) is 0.788. The van der Waals surface area contributed by atoms with E-state index in [0.717, 1.165) is 58.0 Å². The van der Waals surface area contributed by atoms with Gasteiger partial charge in [0.15, 0.2) is 0 Å². The molecule has 1 fully saturated rings. The van der Waals surface area contributed by atoms with E-state index in [0.29, 0.717) is 6.42 Å². The third-order valence-corrected chi connectivity index (χ3v) is 5.20. The first-order valence-corrected chi connectivity index (χ1v) is 9.08. The molecule has 0 aromatic heterocycles. The first kappa shape index (κ1) is 22.2. The van der Waals surface area contributed by atoms with Gasteiger partial charge in [-0.15, -0.1) is 24.8 Å². The van der Waals surface area contributed by atoms with Crippen LogP contribution in [0.1, 0.15) is 36.8 Å². The van der Waals surface area contributed by atoms with Gasteiger partial charge in [0, 0.05) is 32.6 Å². The zero-order valence-corrected chi connectivity index (χ0v) is 16.5. The first-order valence-electron chi connectivity index (χ1n) is 9.08. The lowest BCUT2D eigenvalue weighted by Gasteiger charge is -2.28. The molecule has 0 bridgehead atoms. The van der Waals surface area contributed by atoms with Crippen LogP contribution in [-0.4, -0.2) is 43.5 Å². The number of hydrogen-bond donors (Lipinski definition) is 2. The van der Waals surface area contributed by atoms with E-state index >= 15 is 0 Å². The molecule has 0 unspecified atom stereocenters. The molecule has 3 rings (SSSR count). The van der Waals surface area contributed by atoms with E-state index in [1.54, 1.807) is 0 Å². The van der Waals surface area contributed by atoms with Crippen LogP contribution < -0.4 is 10.6 Å². The number of halogens is 2. The molecule has 4 nitrogen and oxygen atoms in total. The fourth-order valence-electron chi connectivity index (χ4n) is 3.69. The number of carbonyl (C=O) groups is 1. The largest absolute Gasteiger partial charge is 0.355 e. The van der Waals surface area contributed by atoms with Gasteiger partial charge in [0.2, 0.25) is 5.91 Å². The fourth-order valence-corrected chi connectivity index (χ4v) is 3.69. The minimum Gasteiger partial charge on any atom is -0.355 e. The number of rotatable bonds is 6. The fraction of sp³-hybridized carbons (Fsp3) is 0.632. The Morgan fingerprint density at radius 3 is 2.64 bits per heavy atom. The minimum atomic E-state index is 0. The second-order valence-corrected chi connectivity index (χ2v) is 6.88. The van der Waals surface area contributed by atoms with Crippen molar-refractivity contribution in [3.05, 3.63) is 35.4 Å². The van der Waals surface area contributed by atoms with E-state index in [2.05, 4.69) is 39.8 Å². The molecule has 1 saturated heterocycles. The molecule has 2 aliphatic rings. The Hall–Kier alpha value is -0.810. The number of carbonyl (C=O) groups excluding carboxylic acids is 1. The smallest absolute Gasteiger partial charge is 0.220 e. The normalized spacial score (nSPS) is 17.8. The molecule has 0 aliphatic carbocycles. The molecule has 142 valence electrons. The highest BCUT2D eigenvalue weighted by Gasteiger charge is 2.16. The Morgan fingerprint density at radius 2 is 1.88 bits per heavy atom. The van der Waals surface area contributed by atoms with Crippen LogP contribution in [0.5, 0.6) is 0 Å². The predicted octanol–water partition coefficient (Wildman–Crippen LogP) is 2.78. The number of benzene rings is 1. The molecule has 25 heavy (non-hydrogen) atoms. The lowest BCUT2D eigenvalue weighted by molar-refractivity contribution is -0.121. The molecule has 2 N–H and O–H groups in total. The average molecular weight is 388 g/mol. The number of nitrogens with zero attached hydrogens (tertiary/aromatic N) is 1. The van der Waals surface area contributed by atoms with Gasteiger partial charge in [-0.05, 0) is 55.8 Å². The molecule has 2 heterocycles. The molecular formula is C19H31Cl2N3O. The van der Waals surface area contributed by atoms with Crippen LogP contribution in [0.25, 0.3) is 0 Å². The van der Waals surface area contributed by atoms with Crippen LogP contribution >= 0.6 is 24.8 Å². The molecule has 2 aliphatic heterocycles. The van der Waals surface area contributed by atoms with Gasteiger partial charge in [0.05, 0.1) is 0 Å². The van der Waals surface area contributed by atoms with Crippen LogP contribution in [0.15, 0.2) is 24.3 Å². The second-order valence-electron chi connectivity index (χ2n) is 6.88. The number of piperidine rings is 1. The molecule has 6 heteroatoms. The van der Waals surface area contributed by atoms with E-state index in [1.807, 2.05) is 0 Å². The molecular weight excluding hydrogens is 357 g/mol. The summed E-state index contributed by atoms with van der Waals surface area (Å²) in [6.45, 7) is 6.06. The van der Waals surface area contributed by atoms with Gasteiger partial charge in [0.1, 0.15) is 0 Å². The highest BCUT2D eigenvalue weighted by Crippen LogP contribution is 2.18. The molecule has 1 amide bonds. The molecule has 1 aromatic rings. The van der Waals surface area contributed by atoms with Crippen LogP contribution in [0.3, 0.4) is 0 Å². The predicted molar refractivity (Wildman–Crippen MR) is 108 cm³/mol. The summed E-state index contributed by atoms with van der Waals surface area (Å²) in [5.41, 5.74) is 2.92. The highest BCUT2D eigenvalue weighted by molar-refractivity contribution is 5.85. The standard InChI is InChI=1S/C19H29N3O.2ClH/c23-19(6-5-16-7-10-20-11-8-16)21-12-14-22-13-9-17-3-1-2-4-18(17)15-22;;/h1-4,16,20H,5-15H2,(H,21,23);2*1H. The maximum Gasteiger partial charge on any atom is 0.220 e. The Bertz CT molecular complexity index is 521. The SMILES string of the molecule is Cl.Cl.O=C(CCC1CCNCC1)NCCN1CCc2ccccc2C1. The monoisotopic (exact) mass is 387 g/mol. The molecule has 0 saturated carbocycles. The number of nitrogens with one attached hydrogen (secondary N) is 2. The summed E-state index contributed by atoms with van der Waals surface area (Å²) in [5, 5.41) is 6.47. The van der Waals surface area contributed by atoms with Gasteiger partial charge in [-0.2, -0.15) is 0 Å². The summed E-state index contributed by atoms with van der Waals surface area (Å²) in [6.07, 6.45) is 5.30. The van der Waals surface area contributed by atoms with Crippen molar-refractivity contribution in [3.8, 4) is 0 Å². The van der Waals surface area contributed by atoms with Gasteiger partial charge in [0.25, 0.3) is 0 Å². The summed E-state index contributed by atoms with van der Waals surface area (Å²) in [5.74, 6) is 0.960. The Labute approximate surface area is 163 Å². The van der Waals surface area contributed by atoms with Crippen molar-refractivity contribution in [1.29, 1.82) is 0 Å². The minimum absolute atomic E-state index is 0. The maximum absolute atomic E-state index is 12.0. The van der Waals surface area contributed by atoms with Crippen LogP contribution in [0.2, 0.25) is 0 Å². The van der Waals surface area contributed by atoms with E-state index in [1.165, 1.54) is 24.0 Å². The highest BCUT2D eigenvalue weighted by atomic mass is 35.5. The van der Waals surface area contributed by atoms with E-state index < -0.39 is 0 Å². The van der Waals surface area contributed by atoms with E-state index in [-0.39, 0.29) is 30.7 Å². The van der Waals surface area contributed by atoms with Crippen molar-refractivity contribution in [2.45, 2.75) is 38.6 Å². The summed E-state index contributed by atoms with van der Waals surface area (Å²) in [7, 11) is 0. The van der Waals surface area contributed by atoms with Gasteiger partial charge in [-0.25, -0.2) is 0 Å². The summed E-state index contributed by atoms with van der Waals surface area (Å²) in [6, 6.07) is 8.69. The van der Waals surface area contributed by atoms with Gasteiger partial charge < -0.3 is 10.6 Å². The zero-order chi connectivity index (χ0) is 15.9. The van der Waals surface area contributed by atoms with Gasteiger partial charge in [-0.1, -0.05) is 24.3 Å². The zero-order valence-electron chi connectivity index (χ0n) is 14.8. The number of hydrogen-bond acceptors (Lipinski definition) is 3. The number of fused-ring (bicyclic) bond motifs is 1. The average Bonchev–Trinajstić information content (AvgIpc) is 2.61. The Kier molecular flexibility index (Phi) is 10.4. The summed E-state index contributed by atoms with van der Waals surface area (Å²) >= 11 is 0. The van der Waals surface area contributed by atoms with Crippen molar-refractivity contribution in [1.82, 2.24) is 15.5 Å². The van der Waals surface area contributed by atoms with Crippen LogP contribution in [-0.2, 0) is 17.8 Å². The molecule has 0 atom stereocenters. The van der Waals surface area contributed by atoms with Crippen LogP contribution in [0, 0.1) is 5.92 Å². The van der Waals surface area contributed by atoms with Crippen molar-refractivity contribution >= 4 is 30.7 Å². The first-order chi connectivity index (χ1) is 11.3. The summed E-state index contributed by atoms with van der Waals surface area (Å²) < 4.78 is 0. The lowest BCUT2D eigenvalue weighted by atomic mass is 9.93. The van der Waals surface area contributed by atoms with Crippen molar-refractivity contribution in [2.24, 2.45) is 5.92 Å². The molecule has 0 radical (unpaired) electrons. The molecule has 0 spiro atoms. The third kappa shape index (κ3) is 7.14. The van der Waals surface area contributed by atoms with E-state index in [9.17, 15) is 4.79 Å². The lowest BCUT2D eigenvalue weighted by Crippen LogP contribution is -2.38. The van der Waals surface area contributed by atoms with Crippen molar-refractivity contribution in [2.75, 3.05) is 32.7 Å². The Morgan fingerprint density at radius 1 is 1.16 bits per heavy atom. The number of amides is 1. The Balaban J connectivity index is 0.00000156. The maximum atomic E-state index is 12.0. The third-order valence-electron chi connectivity index (χ3n) is 5.20. The second kappa shape index (κ2) is 11.7.